The lowest BCUT2D eigenvalue weighted by molar-refractivity contribution is 0.102. The number of sulfonamides is 1. The topological polar surface area (TPSA) is 66.5 Å². The van der Waals surface area contributed by atoms with Crippen molar-refractivity contribution >= 4 is 21.6 Å². The SMILES string of the molecule is CC(C)N(C)S(=O)(=O)c1ccc(NC(=O)c2cc(F)ccc2F)cc1. The Morgan fingerprint density at radius 1 is 1.08 bits per heavy atom. The average Bonchev–Trinajstić information content (AvgIpc) is 2.56. The van der Waals surface area contributed by atoms with Crippen molar-refractivity contribution in [1.29, 1.82) is 0 Å². The monoisotopic (exact) mass is 368 g/mol. The highest BCUT2D eigenvalue weighted by molar-refractivity contribution is 7.89. The number of hydrogen-bond acceptors (Lipinski definition) is 3. The quantitative estimate of drug-likeness (QED) is 0.881. The average molecular weight is 368 g/mol. The molecule has 0 fully saturated rings. The van der Waals surface area contributed by atoms with Gasteiger partial charge in [0.25, 0.3) is 5.91 Å². The summed E-state index contributed by atoms with van der Waals surface area (Å²) in [6.07, 6.45) is 0. The van der Waals surface area contributed by atoms with Gasteiger partial charge in [0.1, 0.15) is 11.6 Å². The number of amides is 1. The second-order valence-corrected chi connectivity index (χ2v) is 7.72. The zero-order valence-corrected chi connectivity index (χ0v) is 14.8. The third-order valence-corrected chi connectivity index (χ3v) is 5.74. The van der Waals surface area contributed by atoms with Gasteiger partial charge in [-0.1, -0.05) is 0 Å². The van der Waals surface area contributed by atoms with Crippen molar-refractivity contribution in [3.05, 3.63) is 59.7 Å². The van der Waals surface area contributed by atoms with Crippen LogP contribution in [-0.2, 0) is 10.0 Å². The third kappa shape index (κ3) is 4.21. The highest BCUT2D eigenvalue weighted by Crippen LogP contribution is 2.20. The van der Waals surface area contributed by atoms with Crippen LogP contribution in [0.2, 0.25) is 0 Å². The first-order valence-electron chi connectivity index (χ1n) is 7.47. The molecule has 0 unspecified atom stereocenters. The first-order valence-corrected chi connectivity index (χ1v) is 8.91. The van der Waals surface area contributed by atoms with Crippen LogP contribution in [0.5, 0.6) is 0 Å². The fraction of sp³-hybridized carbons (Fsp3) is 0.235. The predicted molar refractivity (Wildman–Crippen MR) is 90.8 cm³/mol. The molecule has 0 spiro atoms. The summed E-state index contributed by atoms with van der Waals surface area (Å²) in [6.45, 7) is 3.50. The lowest BCUT2D eigenvalue weighted by atomic mass is 10.2. The number of halogens is 2. The molecule has 8 heteroatoms. The first-order chi connectivity index (χ1) is 11.6. The number of nitrogens with one attached hydrogen (secondary N) is 1. The zero-order valence-electron chi connectivity index (χ0n) is 14.0. The maximum Gasteiger partial charge on any atom is 0.258 e. The second kappa shape index (κ2) is 7.28. The molecule has 0 atom stereocenters. The van der Waals surface area contributed by atoms with Crippen molar-refractivity contribution in [3.8, 4) is 0 Å². The van der Waals surface area contributed by atoms with E-state index in [1.54, 1.807) is 13.8 Å². The smallest absolute Gasteiger partial charge is 0.258 e. The van der Waals surface area contributed by atoms with Crippen molar-refractivity contribution in [3.63, 3.8) is 0 Å². The van der Waals surface area contributed by atoms with E-state index in [1.165, 1.54) is 35.6 Å². The largest absolute Gasteiger partial charge is 0.322 e. The number of benzene rings is 2. The Balaban J connectivity index is 2.21. The molecule has 1 amide bonds. The molecule has 25 heavy (non-hydrogen) atoms. The van der Waals surface area contributed by atoms with Gasteiger partial charge in [0.15, 0.2) is 0 Å². The molecule has 0 saturated heterocycles. The fourth-order valence-corrected chi connectivity index (χ4v) is 3.39. The Labute approximate surface area is 145 Å². The Morgan fingerprint density at radius 3 is 2.24 bits per heavy atom. The molecule has 0 saturated carbocycles. The van der Waals surface area contributed by atoms with Crippen molar-refractivity contribution < 1.29 is 22.0 Å². The van der Waals surface area contributed by atoms with E-state index >= 15 is 0 Å². The van der Waals surface area contributed by atoms with Gasteiger partial charge in [-0.3, -0.25) is 4.79 Å². The molecule has 0 radical (unpaired) electrons. The molecule has 0 heterocycles. The molecular formula is C17H18F2N2O3S. The first kappa shape index (κ1) is 19.0. The molecule has 0 aliphatic heterocycles. The van der Waals surface area contributed by atoms with E-state index in [9.17, 15) is 22.0 Å². The van der Waals surface area contributed by atoms with E-state index in [-0.39, 0.29) is 16.6 Å². The maximum atomic E-state index is 13.6. The molecular weight excluding hydrogens is 350 g/mol. The van der Waals surface area contributed by atoms with Gasteiger partial charge in [-0.25, -0.2) is 17.2 Å². The minimum atomic E-state index is -3.64. The number of rotatable bonds is 5. The molecule has 2 aromatic rings. The van der Waals surface area contributed by atoms with Crippen LogP contribution in [0.15, 0.2) is 47.4 Å². The summed E-state index contributed by atoms with van der Waals surface area (Å²) in [6, 6.07) is 7.81. The summed E-state index contributed by atoms with van der Waals surface area (Å²) in [7, 11) is -2.16. The number of carbonyl (C=O) groups excluding carboxylic acids is 1. The highest BCUT2D eigenvalue weighted by atomic mass is 32.2. The molecule has 5 nitrogen and oxygen atoms in total. The lowest BCUT2D eigenvalue weighted by Crippen LogP contribution is -2.33. The van der Waals surface area contributed by atoms with Crippen LogP contribution in [0, 0.1) is 11.6 Å². The molecule has 0 aromatic heterocycles. The van der Waals surface area contributed by atoms with Gasteiger partial charge < -0.3 is 5.32 Å². The second-order valence-electron chi connectivity index (χ2n) is 5.72. The normalized spacial score (nSPS) is 11.8. The standard InChI is InChI=1S/C17H18F2N2O3S/c1-11(2)21(3)25(23,24)14-7-5-13(6-8-14)20-17(22)15-10-12(18)4-9-16(15)19/h4-11H,1-3H3,(H,20,22). The zero-order chi connectivity index (χ0) is 18.8. The molecule has 134 valence electrons. The van der Waals surface area contributed by atoms with Crippen molar-refractivity contribution in [1.82, 2.24) is 4.31 Å². The summed E-state index contributed by atoms with van der Waals surface area (Å²) < 4.78 is 52.7. The van der Waals surface area contributed by atoms with E-state index < -0.39 is 33.1 Å². The number of hydrogen-bond donors (Lipinski definition) is 1. The minimum Gasteiger partial charge on any atom is -0.322 e. The van der Waals surface area contributed by atoms with E-state index in [2.05, 4.69) is 5.32 Å². The molecule has 0 aliphatic carbocycles. The fourth-order valence-electron chi connectivity index (χ4n) is 2.02. The Hall–Kier alpha value is -2.32. The van der Waals surface area contributed by atoms with Crippen LogP contribution in [0.1, 0.15) is 24.2 Å². The molecule has 1 N–H and O–H groups in total. The van der Waals surface area contributed by atoms with Crippen molar-refractivity contribution in [2.45, 2.75) is 24.8 Å². The van der Waals surface area contributed by atoms with Crippen LogP contribution < -0.4 is 5.32 Å². The molecule has 0 aliphatic rings. The van der Waals surface area contributed by atoms with Crippen molar-refractivity contribution in [2.24, 2.45) is 0 Å². The number of carbonyl (C=O) groups is 1. The lowest BCUT2D eigenvalue weighted by Gasteiger charge is -2.21. The van der Waals surface area contributed by atoms with Gasteiger partial charge >= 0.3 is 0 Å². The summed E-state index contributed by atoms with van der Waals surface area (Å²) >= 11 is 0. The summed E-state index contributed by atoms with van der Waals surface area (Å²) in [5.41, 5.74) is -0.170. The Bertz CT molecular complexity index is 881. The molecule has 2 aromatic carbocycles. The van der Waals surface area contributed by atoms with Gasteiger partial charge in [0.05, 0.1) is 10.5 Å². The van der Waals surface area contributed by atoms with Gasteiger partial charge in [0.2, 0.25) is 10.0 Å². The van der Waals surface area contributed by atoms with Gasteiger partial charge in [-0.05, 0) is 56.3 Å². The van der Waals surface area contributed by atoms with Gasteiger partial charge in [-0.2, -0.15) is 4.31 Å². The summed E-state index contributed by atoms with van der Waals surface area (Å²) in [5, 5.41) is 2.40. The van der Waals surface area contributed by atoms with Crippen LogP contribution >= 0.6 is 0 Å². The summed E-state index contributed by atoms with van der Waals surface area (Å²) in [4.78, 5) is 12.1. The van der Waals surface area contributed by atoms with Crippen LogP contribution in [0.3, 0.4) is 0 Å². The van der Waals surface area contributed by atoms with Crippen LogP contribution in [0.25, 0.3) is 0 Å². The number of anilines is 1. The van der Waals surface area contributed by atoms with Crippen LogP contribution in [-0.4, -0.2) is 31.7 Å². The third-order valence-electron chi connectivity index (χ3n) is 3.69. The van der Waals surface area contributed by atoms with E-state index in [0.29, 0.717) is 0 Å². The number of nitrogens with zero attached hydrogens (tertiary/aromatic N) is 1. The minimum absolute atomic E-state index is 0.0682. The van der Waals surface area contributed by atoms with E-state index in [0.717, 1.165) is 18.2 Å². The predicted octanol–water partition coefficient (Wildman–Crippen LogP) is 3.25. The Morgan fingerprint density at radius 2 is 1.68 bits per heavy atom. The van der Waals surface area contributed by atoms with E-state index in [1.807, 2.05) is 0 Å². The molecule has 0 bridgehead atoms. The molecule has 2 rings (SSSR count). The van der Waals surface area contributed by atoms with Gasteiger partial charge in [-0.15, -0.1) is 0 Å². The highest BCUT2D eigenvalue weighted by Gasteiger charge is 2.23. The van der Waals surface area contributed by atoms with Crippen molar-refractivity contribution in [2.75, 3.05) is 12.4 Å². The van der Waals surface area contributed by atoms with E-state index in [4.69, 9.17) is 0 Å². The maximum absolute atomic E-state index is 13.6. The van der Waals surface area contributed by atoms with Crippen LogP contribution in [0.4, 0.5) is 14.5 Å². The van der Waals surface area contributed by atoms with Gasteiger partial charge in [0, 0.05) is 18.8 Å². The Kier molecular flexibility index (Phi) is 5.54. The summed E-state index contributed by atoms with van der Waals surface area (Å²) in [5.74, 6) is -2.41.